The molecule has 0 aliphatic carbocycles. The highest BCUT2D eigenvalue weighted by molar-refractivity contribution is 6.10. The number of carboxylic acid groups (broad SMARTS) is 1. The summed E-state index contributed by atoms with van der Waals surface area (Å²) in [5.41, 5.74) is 10.7. The summed E-state index contributed by atoms with van der Waals surface area (Å²) in [5.74, 6) is -0.513. The zero-order valence-corrected chi connectivity index (χ0v) is 15.3. The van der Waals surface area contributed by atoms with Crippen LogP contribution in [-0.2, 0) is 0 Å². The molecule has 0 unspecified atom stereocenters. The number of aromatic carboxylic acids is 1. The standard InChI is InChI=1S/C22H23N3O2/c1-13-4-2-3-5-16(13)19-17-12-15(14-8-10-24-11-9-14)6-7-18(17)25-21(23)20(19)22(26)27/h2-7,12,14,24H,8-11H2,1H3,(H2,23,25)(H,26,27). The van der Waals surface area contributed by atoms with Crippen molar-refractivity contribution >= 4 is 22.7 Å². The van der Waals surface area contributed by atoms with Gasteiger partial charge in [0.25, 0.3) is 0 Å². The molecule has 1 saturated heterocycles. The van der Waals surface area contributed by atoms with E-state index in [9.17, 15) is 9.90 Å². The van der Waals surface area contributed by atoms with Crippen LogP contribution < -0.4 is 11.1 Å². The minimum atomic E-state index is -1.05. The van der Waals surface area contributed by atoms with Crippen LogP contribution >= 0.6 is 0 Å². The highest BCUT2D eigenvalue weighted by atomic mass is 16.4. The average molecular weight is 361 g/mol. The van der Waals surface area contributed by atoms with Gasteiger partial charge in [-0.2, -0.15) is 0 Å². The second kappa shape index (κ2) is 7.00. The van der Waals surface area contributed by atoms with Crippen LogP contribution in [0.5, 0.6) is 0 Å². The number of aryl methyl sites for hydroxylation is 1. The molecule has 5 heteroatoms. The maximum absolute atomic E-state index is 12.0. The number of nitrogen functional groups attached to an aromatic ring is 1. The molecule has 1 fully saturated rings. The van der Waals surface area contributed by atoms with Gasteiger partial charge in [-0.15, -0.1) is 0 Å². The van der Waals surface area contributed by atoms with Crippen molar-refractivity contribution in [2.75, 3.05) is 18.8 Å². The molecule has 4 rings (SSSR count). The Hall–Kier alpha value is -2.92. The lowest BCUT2D eigenvalue weighted by molar-refractivity contribution is 0.0698. The number of pyridine rings is 1. The third kappa shape index (κ3) is 3.15. The van der Waals surface area contributed by atoms with Crippen LogP contribution in [0.1, 0.15) is 40.2 Å². The number of hydrogen-bond donors (Lipinski definition) is 3. The third-order valence-electron chi connectivity index (χ3n) is 5.48. The molecule has 0 radical (unpaired) electrons. The number of nitrogens with zero attached hydrogens (tertiary/aromatic N) is 1. The fourth-order valence-electron chi connectivity index (χ4n) is 4.06. The molecule has 1 aromatic heterocycles. The number of piperidine rings is 1. The highest BCUT2D eigenvalue weighted by Crippen LogP contribution is 2.38. The SMILES string of the molecule is Cc1ccccc1-c1c(C(=O)O)c(N)nc2ccc(C3CCNCC3)cc12. The molecule has 0 saturated carbocycles. The van der Waals surface area contributed by atoms with Crippen LogP contribution in [0.25, 0.3) is 22.0 Å². The van der Waals surface area contributed by atoms with Gasteiger partial charge in [-0.05, 0) is 67.6 Å². The van der Waals surface area contributed by atoms with Gasteiger partial charge in [-0.3, -0.25) is 0 Å². The van der Waals surface area contributed by atoms with Gasteiger partial charge in [0.2, 0.25) is 0 Å². The second-order valence-corrected chi connectivity index (χ2v) is 7.17. The summed E-state index contributed by atoms with van der Waals surface area (Å²) in [6, 6.07) is 14.0. The van der Waals surface area contributed by atoms with E-state index in [1.807, 2.05) is 37.3 Å². The first-order chi connectivity index (χ1) is 13.1. The van der Waals surface area contributed by atoms with E-state index in [0.717, 1.165) is 48.0 Å². The molecular formula is C22H23N3O2. The van der Waals surface area contributed by atoms with Gasteiger partial charge in [0.1, 0.15) is 11.4 Å². The zero-order chi connectivity index (χ0) is 19.0. The Kier molecular flexibility index (Phi) is 4.54. The highest BCUT2D eigenvalue weighted by Gasteiger charge is 2.23. The molecular weight excluding hydrogens is 338 g/mol. The lowest BCUT2D eigenvalue weighted by Gasteiger charge is -2.24. The van der Waals surface area contributed by atoms with Crippen LogP contribution in [0.15, 0.2) is 42.5 Å². The number of fused-ring (bicyclic) bond motifs is 1. The first-order valence-corrected chi connectivity index (χ1v) is 9.29. The van der Waals surface area contributed by atoms with Gasteiger partial charge in [-0.1, -0.05) is 30.3 Å². The topological polar surface area (TPSA) is 88.2 Å². The molecule has 2 aromatic carbocycles. The van der Waals surface area contributed by atoms with Crippen molar-refractivity contribution in [3.63, 3.8) is 0 Å². The first kappa shape index (κ1) is 17.5. The summed E-state index contributed by atoms with van der Waals surface area (Å²) in [5, 5.41) is 14.1. The Labute approximate surface area is 158 Å². The number of aromatic nitrogens is 1. The minimum absolute atomic E-state index is 0.0582. The summed E-state index contributed by atoms with van der Waals surface area (Å²) in [7, 11) is 0. The molecule has 5 nitrogen and oxygen atoms in total. The van der Waals surface area contributed by atoms with E-state index in [1.54, 1.807) is 0 Å². The van der Waals surface area contributed by atoms with Gasteiger partial charge in [0.05, 0.1) is 5.52 Å². The quantitative estimate of drug-likeness (QED) is 0.657. The number of anilines is 1. The molecule has 0 spiro atoms. The lowest BCUT2D eigenvalue weighted by atomic mass is 9.87. The summed E-state index contributed by atoms with van der Waals surface area (Å²) in [4.78, 5) is 16.4. The van der Waals surface area contributed by atoms with E-state index in [-0.39, 0.29) is 11.4 Å². The number of rotatable bonds is 3. The van der Waals surface area contributed by atoms with Crippen molar-refractivity contribution < 1.29 is 9.90 Å². The fraction of sp³-hybridized carbons (Fsp3) is 0.273. The Balaban J connectivity index is 2.02. The molecule has 3 aromatic rings. The van der Waals surface area contributed by atoms with Gasteiger partial charge in [0.15, 0.2) is 0 Å². The van der Waals surface area contributed by atoms with Gasteiger partial charge in [0, 0.05) is 10.9 Å². The first-order valence-electron chi connectivity index (χ1n) is 9.29. The molecule has 138 valence electrons. The number of nitrogens with two attached hydrogens (primary N) is 1. The van der Waals surface area contributed by atoms with Crippen LogP contribution in [0, 0.1) is 6.92 Å². The van der Waals surface area contributed by atoms with Crippen LogP contribution in [0.3, 0.4) is 0 Å². The number of benzene rings is 2. The summed E-state index contributed by atoms with van der Waals surface area (Å²) < 4.78 is 0. The average Bonchev–Trinajstić information content (AvgIpc) is 2.67. The largest absolute Gasteiger partial charge is 0.478 e. The maximum Gasteiger partial charge on any atom is 0.340 e. The predicted molar refractivity (Wildman–Crippen MR) is 108 cm³/mol. The smallest absolute Gasteiger partial charge is 0.340 e. The van der Waals surface area contributed by atoms with Gasteiger partial charge in [-0.25, -0.2) is 9.78 Å². The number of carboxylic acids is 1. The second-order valence-electron chi connectivity index (χ2n) is 7.17. The minimum Gasteiger partial charge on any atom is -0.478 e. The van der Waals surface area contributed by atoms with E-state index in [1.165, 1.54) is 5.56 Å². The van der Waals surface area contributed by atoms with E-state index >= 15 is 0 Å². The van der Waals surface area contributed by atoms with Gasteiger partial charge < -0.3 is 16.2 Å². The van der Waals surface area contributed by atoms with Crippen molar-refractivity contribution in [1.82, 2.24) is 10.3 Å². The molecule has 0 amide bonds. The lowest BCUT2D eigenvalue weighted by Crippen LogP contribution is -2.26. The Morgan fingerprint density at radius 2 is 1.93 bits per heavy atom. The van der Waals surface area contributed by atoms with Crippen molar-refractivity contribution in [1.29, 1.82) is 0 Å². The van der Waals surface area contributed by atoms with Gasteiger partial charge >= 0.3 is 5.97 Å². The van der Waals surface area contributed by atoms with E-state index in [0.29, 0.717) is 11.5 Å². The maximum atomic E-state index is 12.0. The normalized spacial score (nSPS) is 15.1. The van der Waals surface area contributed by atoms with Crippen molar-refractivity contribution in [3.05, 3.63) is 59.2 Å². The Bertz CT molecular complexity index is 1020. The molecule has 0 atom stereocenters. The Morgan fingerprint density at radius 1 is 1.19 bits per heavy atom. The van der Waals surface area contributed by atoms with Crippen molar-refractivity contribution in [3.8, 4) is 11.1 Å². The fourth-order valence-corrected chi connectivity index (χ4v) is 4.06. The molecule has 1 aliphatic rings. The number of nitrogens with one attached hydrogen (secondary N) is 1. The van der Waals surface area contributed by atoms with Crippen molar-refractivity contribution in [2.45, 2.75) is 25.7 Å². The van der Waals surface area contributed by atoms with Crippen molar-refractivity contribution in [2.24, 2.45) is 0 Å². The third-order valence-corrected chi connectivity index (χ3v) is 5.48. The number of carbonyl (C=O) groups is 1. The van der Waals surface area contributed by atoms with Crippen LogP contribution in [0.2, 0.25) is 0 Å². The van der Waals surface area contributed by atoms with Crippen LogP contribution in [-0.4, -0.2) is 29.1 Å². The summed E-state index contributed by atoms with van der Waals surface area (Å²) in [6.45, 7) is 4.00. The summed E-state index contributed by atoms with van der Waals surface area (Å²) >= 11 is 0. The molecule has 1 aliphatic heterocycles. The van der Waals surface area contributed by atoms with E-state index < -0.39 is 5.97 Å². The van der Waals surface area contributed by atoms with E-state index in [4.69, 9.17) is 5.73 Å². The monoisotopic (exact) mass is 361 g/mol. The predicted octanol–water partition coefficient (Wildman–Crippen LogP) is 3.96. The molecule has 2 heterocycles. The Morgan fingerprint density at radius 3 is 2.63 bits per heavy atom. The molecule has 27 heavy (non-hydrogen) atoms. The zero-order valence-electron chi connectivity index (χ0n) is 15.3. The number of hydrogen-bond acceptors (Lipinski definition) is 4. The summed E-state index contributed by atoms with van der Waals surface area (Å²) in [6.07, 6.45) is 2.17. The molecule has 4 N–H and O–H groups in total. The molecule has 0 bridgehead atoms. The van der Waals surface area contributed by atoms with E-state index in [2.05, 4.69) is 22.4 Å². The van der Waals surface area contributed by atoms with Crippen LogP contribution in [0.4, 0.5) is 5.82 Å².